The first-order valence-electron chi connectivity index (χ1n) is 3.92. The lowest BCUT2D eigenvalue weighted by Crippen LogP contribution is -2.01. The quantitative estimate of drug-likeness (QED) is 0.511. The van der Waals surface area contributed by atoms with Gasteiger partial charge in [0.1, 0.15) is 0 Å². The average molecular weight is 188 g/mol. The molecule has 1 aliphatic rings. The van der Waals surface area contributed by atoms with Crippen LogP contribution in [0.5, 0.6) is 0 Å². The molecule has 0 bridgehead atoms. The number of ether oxygens (including phenoxy) is 1. The van der Waals surface area contributed by atoms with Crippen LogP contribution < -0.4 is 0 Å². The number of epoxide rings is 1. The van der Waals surface area contributed by atoms with Crippen LogP contribution >= 0.6 is 0 Å². The van der Waals surface area contributed by atoms with Crippen molar-refractivity contribution in [2.45, 2.75) is 12.5 Å². The maximum Gasteiger partial charge on any atom is 0.194 e. The summed E-state index contributed by atoms with van der Waals surface area (Å²) in [6.45, 7) is 0.568. The van der Waals surface area contributed by atoms with E-state index in [9.17, 15) is 13.2 Å². The molecule has 0 saturated carbocycles. The van der Waals surface area contributed by atoms with Crippen molar-refractivity contribution in [3.63, 3.8) is 0 Å². The summed E-state index contributed by atoms with van der Waals surface area (Å²) in [5.74, 6) is -3.66. The van der Waals surface area contributed by atoms with Gasteiger partial charge in [0.25, 0.3) is 0 Å². The molecule has 1 fully saturated rings. The maximum absolute atomic E-state index is 13.0. The normalized spacial score (nSPS) is 20.4. The van der Waals surface area contributed by atoms with E-state index in [1.165, 1.54) is 6.07 Å². The van der Waals surface area contributed by atoms with Gasteiger partial charge in [0, 0.05) is 6.42 Å². The standard InChI is InChI=1S/C9H7F3O/c10-7-2-1-5(3-6-4-13-6)8(11)9(7)12/h1-2,6H,3-4H2. The molecular weight excluding hydrogens is 181 g/mol. The molecule has 0 aromatic heterocycles. The Hall–Kier alpha value is -1.03. The molecule has 1 unspecified atom stereocenters. The Morgan fingerprint density at radius 2 is 1.92 bits per heavy atom. The molecular formula is C9H7F3O. The summed E-state index contributed by atoms with van der Waals surface area (Å²) in [4.78, 5) is 0. The van der Waals surface area contributed by atoms with Crippen molar-refractivity contribution in [2.24, 2.45) is 0 Å². The van der Waals surface area contributed by atoms with Gasteiger partial charge in [-0.1, -0.05) is 6.07 Å². The number of rotatable bonds is 2. The van der Waals surface area contributed by atoms with Crippen molar-refractivity contribution in [3.8, 4) is 0 Å². The first-order chi connectivity index (χ1) is 6.18. The molecule has 70 valence electrons. The van der Waals surface area contributed by atoms with Crippen molar-refractivity contribution in [1.82, 2.24) is 0 Å². The Bertz CT molecular complexity index is 334. The summed E-state index contributed by atoms with van der Waals surface area (Å²) in [7, 11) is 0. The van der Waals surface area contributed by atoms with Gasteiger partial charge in [-0.2, -0.15) is 0 Å². The van der Waals surface area contributed by atoms with Gasteiger partial charge in [0.2, 0.25) is 0 Å². The number of halogens is 3. The van der Waals surface area contributed by atoms with Crippen molar-refractivity contribution >= 4 is 0 Å². The zero-order valence-corrected chi connectivity index (χ0v) is 6.69. The lowest BCUT2D eigenvalue weighted by molar-refractivity contribution is 0.398. The Kier molecular flexibility index (Phi) is 2.00. The molecule has 1 aromatic carbocycles. The van der Waals surface area contributed by atoms with Crippen LogP contribution in [0.2, 0.25) is 0 Å². The molecule has 2 rings (SSSR count). The van der Waals surface area contributed by atoms with E-state index in [4.69, 9.17) is 4.74 Å². The van der Waals surface area contributed by atoms with Gasteiger partial charge in [-0.25, -0.2) is 13.2 Å². The average Bonchev–Trinajstić information content (AvgIpc) is 2.90. The van der Waals surface area contributed by atoms with Gasteiger partial charge >= 0.3 is 0 Å². The predicted molar refractivity (Wildman–Crippen MR) is 39.8 cm³/mol. The summed E-state index contributed by atoms with van der Waals surface area (Å²) in [6, 6.07) is 2.17. The zero-order valence-electron chi connectivity index (χ0n) is 6.69. The Morgan fingerprint density at radius 3 is 2.54 bits per heavy atom. The second kappa shape index (κ2) is 3.03. The van der Waals surface area contributed by atoms with Gasteiger partial charge in [-0.05, 0) is 11.6 Å². The summed E-state index contributed by atoms with van der Waals surface area (Å²) in [6.07, 6.45) is 0.280. The monoisotopic (exact) mass is 188 g/mol. The Labute approximate surface area is 73.1 Å². The summed E-state index contributed by atoms with van der Waals surface area (Å²) in [5.41, 5.74) is 0.168. The second-order valence-electron chi connectivity index (χ2n) is 2.99. The van der Waals surface area contributed by atoms with Gasteiger partial charge in [-0.3, -0.25) is 0 Å². The summed E-state index contributed by atoms with van der Waals surface area (Å²) < 4.78 is 43.0. The maximum atomic E-state index is 13.0. The van der Waals surface area contributed by atoms with E-state index < -0.39 is 17.5 Å². The minimum absolute atomic E-state index is 0.0284. The largest absolute Gasteiger partial charge is 0.373 e. The predicted octanol–water partition coefficient (Wildman–Crippen LogP) is 2.05. The molecule has 0 N–H and O–H groups in total. The second-order valence-corrected chi connectivity index (χ2v) is 2.99. The molecule has 1 saturated heterocycles. The van der Waals surface area contributed by atoms with E-state index in [-0.39, 0.29) is 11.7 Å². The first kappa shape index (κ1) is 8.56. The Morgan fingerprint density at radius 1 is 1.23 bits per heavy atom. The summed E-state index contributed by atoms with van der Waals surface area (Å²) in [5, 5.41) is 0. The van der Waals surface area contributed by atoms with Crippen LogP contribution in [0.3, 0.4) is 0 Å². The summed E-state index contributed by atoms with van der Waals surface area (Å²) >= 11 is 0. The van der Waals surface area contributed by atoms with Crippen LogP contribution in [0.1, 0.15) is 5.56 Å². The van der Waals surface area contributed by atoms with Crippen molar-refractivity contribution in [2.75, 3.05) is 6.61 Å². The molecule has 1 aliphatic heterocycles. The van der Waals surface area contributed by atoms with E-state index in [1.54, 1.807) is 0 Å². The van der Waals surface area contributed by atoms with Crippen LogP contribution in [0, 0.1) is 17.5 Å². The van der Waals surface area contributed by atoms with E-state index in [2.05, 4.69) is 0 Å². The molecule has 1 heterocycles. The Balaban J connectivity index is 2.29. The number of hydrogen-bond acceptors (Lipinski definition) is 1. The lowest BCUT2D eigenvalue weighted by Gasteiger charge is -2.01. The van der Waals surface area contributed by atoms with E-state index in [1.807, 2.05) is 0 Å². The molecule has 1 aromatic rings. The van der Waals surface area contributed by atoms with Gasteiger partial charge in [0.05, 0.1) is 12.7 Å². The fourth-order valence-electron chi connectivity index (χ4n) is 1.15. The molecule has 1 atom stereocenters. The van der Waals surface area contributed by atoms with Crippen LogP contribution in [0.4, 0.5) is 13.2 Å². The molecule has 1 nitrogen and oxygen atoms in total. The van der Waals surface area contributed by atoms with E-state index in [0.29, 0.717) is 13.0 Å². The smallest absolute Gasteiger partial charge is 0.194 e. The fourth-order valence-corrected chi connectivity index (χ4v) is 1.15. The van der Waals surface area contributed by atoms with E-state index in [0.717, 1.165) is 6.07 Å². The van der Waals surface area contributed by atoms with E-state index >= 15 is 0 Å². The third-order valence-electron chi connectivity index (χ3n) is 1.97. The van der Waals surface area contributed by atoms with Crippen molar-refractivity contribution in [3.05, 3.63) is 35.1 Å². The van der Waals surface area contributed by atoms with Crippen molar-refractivity contribution in [1.29, 1.82) is 0 Å². The molecule has 0 aliphatic carbocycles. The number of hydrogen-bond donors (Lipinski definition) is 0. The van der Waals surface area contributed by atoms with Gasteiger partial charge in [0.15, 0.2) is 17.5 Å². The highest BCUT2D eigenvalue weighted by Crippen LogP contribution is 2.21. The molecule has 4 heteroatoms. The molecule has 0 spiro atoms. The SMILES string of the molecule is Fc1ccc(CC2CO2)c(F)c1F. The third kappa shape index (κ3) is 1.67. The van der Waals surface area contributed by atoms with Gasteiger partial charge in [-0.15, -0.1) is 0 Å². The minimum Gasteiger partial charge on any atom is -0.373 e. The minimum atomic E-state index is -1.40. The van der Waals surface area contributed by atoms with Crippen LogP contribution in [0.25, 0.3) is 0 Å². The fraction of sp³-hybridized carbons (Fsp3) is 0.333. The molecule has 0 amide bonds. The van der Waals surface area contributed by atoms with Crippen molar-refractivity contribution < 1.29 is 17.9 Å². The van der Waals surface area contributed by atoms with Crippen LogP contribution in [0.15, 0.2) is 12.1 Å². The molecule has 13 heavy (non-hydrogen) atoms. The molecule has 0 radical (unpaired) electrons. The first-order valence-corrected chi connectivity index (χ1v) is 3.92. The van der Waals surface area contributed by atoms with Gasteiger partial charge < -0.3 is 4.74 Å². The van der Waals surface area contributed by atoms with Crippen LogP contribution in [-0.2, 0) is 11.2 Å². The lowest BCUT2D eigenvalue weighted by atomic mass is 10.1. The topological polar surface area (TPSA) is 12.5 Å². The third-order valence-corrected chi connectivity index (χ3v) is 1.97. The highest BCUT2D eigenvalue weighted by molar-refractivity contribution is 5.21. The zero-order chi connectivity index (χ0) is 9.42. The highest BCUT2D eigenvalue weighted by atomic mass is 19.2. The highest BCUT2D eigenvalue weighted by Gasteiger charge is 2.25. The van der Waals surface area contributed by atoms with Crippen LogP contribution in [-0.4, -0.2) is 12.7 Å². The number of benzene rings is 1.